The number of hydrogen-bond acceptors (Lipinski definition) is 5. The van der Waals surface area contributed by atoms with Crippen molar-refractivity contribution in [2.45, 2.75) is 39.3 Å². The number of halogens is 1. The number of piperidine rings is 1. The third-order valence-corrected chi connectivity index (χ3v) is 7.18. The molecule has 2 aliphatic heterocycles. The van der Waals surface area contributed by atoms with Gasteiger partial charge in [0.15, 0.2) is 0 Å². The lowest BCUT2D eigenvalue weighted by Gasteiger charge is -2.40. The molecule has 8 heteroatoms. The molecule has 3 aromatic carbocycles. The van der Waals surface area contributed by atoms with Crippen LogP contribution in [0.2, 0.25) is 0 Å². The minimum absolute atomic E-state index is 0. The van der Waals surface area contributed by atoms with Gasteiger partial charge in [0.2, 0.25) is 5.91 Å². The molecule has 0 atom stereocenters. The minimum atomic E-state index is -0.273. The second-order valence-corrected chi connectivity index (χ2v) is 9.74. The number of carbonyl (C=O) groups excluding carboxylic acids is 2. The van der Waals surface area contributed by atoms with E-state index in [2.05, 4.69) is 40.2 Å². The van der Waals surface area contributed by atoms with Gasteiger partial charge in [-0.15, -0.1) is 12.4 Å². The summed E-state index contributed by atoms with van der Waals surface area (Å²) >= 11 is 0. The first-order valence-electron chi connectivity index (χ1n) is 13.0. The van der Waals surface area contributed by atoms with Crippen molar-refractivity contribution in [3.05, 3.63) is 83.9 Å². The molecule has 7 nitrogen and oxygen atoms in total. The van der Waals surface area contributed by atoms with Gasteiger partial charge >= 0.3 is 6.09 Å². The van der Waals surface area contributed by atoms with E-state index in [1.165, 1.54) is 0 Å². The molecule has 2 aliphatic rings. The fourth-order valence-electron chi connectivity index (χ4n) is 5.30. The Bertz CT molecular complexity index is 1240. The van der Waals surface area contributed by atoms with Crippen LogP contribution in [0.4, 0.5) is 27.5 Å². The van der Waals surface area contributed by atoms with Crippen LogP contribution >= 0.6 is 12.4 Å². The van der Waals surface area contributed by atoms with E-state index < -0.39 is 0 Å². The number of benzene rings is 3. The molecule has 38 heavy (non-hydrogen) atoms. The van der Waals surface area contributed by atoms with Gasteiger partial charge in [-0.05, 0) is 69.2 Å². The molecule has 2 amide bonds. The Morgan fingerprint density at radius 2 is 1.68 bits per heavy atom. The molecule has 0 unspecified atom stereocenters. The molecule has 2 heterocycles. The van der Waals surface area contributed by atoms with Crippen LogP contribution < -0.4 is 15.1 Å². The first kappa shape index (κ1) is 27.5. The maximum atomic E-state index is 12.8. The first-order chi connectivity index (χ1) is 18.0. The van der Waals surface area contributed by atoms with Gasteiger partial charge in [-0.2, -0.15) is 0 Å². The van der Waals surface area contributed by atoms with Crippen LogP contribution in [0.3, 0.4) is 0 Å². The average molecular weight is 535 g/mol. The molecule has 3 aromatic rings. The minimum Gasteiger partial charge on any atom is -0.444 e. The topological polar surface area (TPSA) is 65.1 Å². The van der Waals surface area contributed by atoms with Gasteiger partial charge in [-0.3, -0.25) is 14.6 Å². The Hall–Kier alpha value is -3.55. The normalized spacial score (nSPS) is 15.7. The highest BCUT2D eigenvalue weighted by Crippen LogP contribution is 2.32. The zero-order chi connectivity index (χ0) is 25.8. The van der Waals surface area contributed by atoms with Crippen molar-refractivity contribution in [1.29, 1.82) is 0 Å². The van der Waals surface area contributed by atoms with E-state index in [0.29, 0.717) is 13.2 Å². The number of cyclic esters (lactones) is 1. The van der Waals surface area contributed by atoms with Gasteiger partial charge in [0.05, 0.1) is 12.2 Å². The molecule has 1 N–H and O–H groups in total. The Labute approximate surface area is 230 Å². The van der Waals surface area contributed by atoms with Crippen LogP contribution in [0.25, 0.3) is 0 Å². The Morgan fingerprint density at radius 1 is 1.00 bits per heavy atom. The Morgan fingerprint density at radius 3 is 2.37 bits per heavy atom. The number of amides is 2. The van der Waals surface area contributed by atoms with Gasteiger partial charge in [-0.1, -0.05) is 35.9 Å². The van der Waals surface area contributed by atoms with Gasteiger partial charge in [0.25, 0.3) is 0 Å². The highest BCUT2D eigenvalue weighted by Gasteiger charge is 2.34. The molecule has 0 saturated carbocycles. The molecule has 0 radical (unpaired) electrons. The fraction of sp³-hybridized carbons (Fsp3) is 0.333. The lowest BCUT2D eigenvalue weighted by molar-refractivity contribution is -0.117. The number of hydrogen-bond donors (Lipinski definition) is 1. The highest BCUT2D eigenvalue weighted by molar-refractivity contribution is 5.93. The zero-order valence-corrected chi connectivity index (χ0v) is 22.7. The number of ether oxygens (including phenoxy) is 1. The van der Waals surface area contributed by atoms with Crippen LogP contribution in [-0.2, 0) is 16.1 Å². The van der Waals surface area contributed by atoms with E-state index in [-0.39, 0.29) is 30.4 Å². The molecular formula is C30H35ClN4O3. The van der Waals surface area contributed by atoms with Crippen LogP contribution in [0.5, 0.6) is 0 Å². The number of nitrogens with one attached hydrogen (secondary N) is 1. The number of carbonyl (C=O) groups is 2. The van der Waals surface area contributed by atoms with E-state index >= 15 is 0 Å². The molecule has 5 rings (SSSR count). The highest BCUT2D eigenvalue weighted by atomic mass is 35.5. The number of aryl methyl sites for hydroxylation is 1. The number of fused-ring (bicyclic) bond motifs is 1. The maximum Gasteiger partial charge on any atom is 0.414 e. The predicted octanol–water partition coefficient (Wildman–Crippen LogP) is 6.13. The van der Waals surface area contributed by atoms with Gasteiger partial charge in [0, 0.05) is 48.3 Å². The summed E-state index contributed by atoms with van der Waals surface area (Å²) in [6.07, 6.45) is 1.33. The predicted molar refractivity (Wildman–Crippen MR) is 155 cm³/mol. The first-order valence-corrected chi connectivity index (χ1v) is 13.0. The largest absolute Gasteiger partial charge is 0.444 e. The molecule has 0 aliphatic carbocycles. The Balaban J connectivity index is 0.00000336. The smallest absolute Gasteiger partial charge is 0.414 e. The van der Waals surface area contributed by atoms with Crippen molar-refractivity contribution in [2.24, 2.45) is 0 Å². The number of nitrogens with zero attached hydrogens (tertiary/aromatic N) is 3. The summed E-state index contributed by atoms with van der Waals surface area (Å²) in [5.74, 6) is -0.0280. The van der Waals surface area contributed by atoms with Crippen molar-refractivity contribution in [3.8, 4) is 0 Å². The maximum absolute atomic E-state index is 12.8. The second kappa shape index (κ2) is 12.3. The van der Waals surface area contributed by atoms with Gasteiger partial charge in [-0.25, -0.2) is 4.79 Å². The molecule has 1 saturated heterocycles. The van der Waals surface area contributed by atoms with E-state index in [0.717, 1.165) is 66.4 Å². The van der Waals surface area contributed by atoms with Crippen LogP contribution in [0.1, 0.15) is 30.9 Å². The summed E-state index contributed by atoms with van der Waals surface area (Å²) in [6.45, 7) is 7.19. The lowest BCUT2D eigenvalue weighted by atomic mass is 10.00. The van der Waals surface area contributed by atoms with E-state index in [9.17, 15) is 9.59 Å². The van der Waals surface area contributed by atoms with Crippen LogP contribution in [-0.4, -0.2) is 49.1 Å². The van der Waals surface area contributed by atoms with Crippen LogP contribution in [0, 0.1) is 6.92 Å². The summed E-state index contributed by atoms with van der Waals surface area (Å²) in [7, 11) is 0. The molecule has 0 aromatic heterocycles. The number of para-hydroxylation sites is 1. The van der Waals surface area contributed by atoms with Crippen LogP contribution in [0.15, 0.2) is 72.8 Å². The van der Waals surface area contributed by atoms with Gasteiger partial charge in [0.1, 0.15) is 6.61 Å². The van der Waals surface area contributed by atoms with Crippen molar-refractivity contribution in [1.82, 2.24) is 4.90 Å². The summed E-state index contributed by atoms with van der Waals surface area (Å²) in [4.78, 5) is 31.5. The third kappa shape index (κ3) is 6.11. The third-order valence-electron chi connectivity index (χ3n) is 7.18. The molecule has 1 fully saturated rings. The summed E-state index contributed by atoms with van der Waals surface area (Å²) in [5.41, 5.74) is 6.18. The molecule has 0 bridgehead atoms. The van der Waals surface area contributed by atoms with E-state index in [1.807, 2.05) is 66.4 Å². The zero-order valence-electron chi connectivity index (χ0n) is 21.9. The van der Waals surface area contributed by atoms with E-state index in [4.69, 9.17) is 4.74 Å². The van der Waals surface area contributed by atoms with E-state index in [1.54, 1.807) is 0 Å². The SMILES string of the molecule is CCN(c1ccccc1)c1ccc(NC(=O)CN2CCC(N3C(=O)OCc4cc(C)ccc43)CC2)cc1.Cl. The molecular weight excluding hydrogens is 500 g/mol. The molecule has 0 spiro atoms. The molecule has 200 valence electrons. The lowest BCUT2D eigenvalue weighted by Crippen LogP contribution is -2.50. The summed E-state index contributed by atoms with van der Waals surface area (Å²) in [6, 6.07) is 24.5. The average Bonchev–Trinajstić information content (AvgIpc) is 2.91. The summed E-state index contributed by atoms with van der Waals surface area (Å²) in [5, 5.41) is 3.03. The number of likely N-dealkylation sites (tertiary alicyclic amines) is 1. The van der Waals surface area contributed by atoms with Gasteiger partial charge < -0.3 is 15.0 Å². The quantitative estimate of drug-likeness (QED) is 0.395. The van der Waals surface area contributed by atoms with Crippen molar-refractivity contribution >= 4 is 47.2 Å². The fourth-order valence-corrected chi connectivity index (χ4v) is 5.30. The van der Waals surface area contributed by atoms with Crippen molar-refractivity contribution in [3.63, 3.8) is 0 Å². The number of rotatable bonds is 7. The standard InChI is InChI=1S/C30H34N4O3.ClH/c1-3-33(25-7-5-4-6-8-25)26-12-10-24(11-13-26)31-29(35)20-32-17-15-27(16-18-32)34-28-14-9-22(2)19-23(28)21-37-30(34)36;/h4-14,19,27H,3,15-18,20-21H2,1-2H3,(H,31,35);1H. The monoisotopic (exact) mass is 534 g/mol. The number of anilines is 4. The second-order valence-electron chi connectivity index (χ2n) is 9.74. The van der Waals surface area contributed by atoms with Crippen molar-refractivity contribution in [2.75, 3.05) is 41.3 Å². The Kier molecular flexibility index (Phi) is 8.92. The summed E-state index contributed by atoms with van der Waals surface area (Å²) < 4.78 is 5.44. The van der Waals surface area contributed by atoms with Crippen molar-refractivity contribution < 1.29 is 14.3 Å².